The van der Waals surface area contributed by atoms with E-state index in [1.807, 2.05) is 6.07 Å². The summed E-state index contributed by atoms with van der Waals surface area (Å²) in [5, 5.41) is 11.5. The second kappa shape index (κ2) is 12.6. The van der Waals surface area contributed by atoms with Gasteiger partial charge in [0, 0.05) is 5.56 Å². The highest BCUT2D eigenvalue weighted by molar-refractivity contribution is 6.46. The van der Waals surface area contributed by atoms with Gasteiger partial charge in [0.2, 0.25) is 0 Å². The molecule has 10 nitrogen and oxygen atoms in total. The first-order chi connectivity index (χ1) is 19.5. The number of hydrogen-bond acceptors (Lipinski definition) is 8. The number of aliphatic hydroxyl groups is 1. The van der Waals surface area contributed by atoms with Crippen LogP contribution >= 0.6 is 0 Å². The minimum atomic E-state index is -0.799. The predicted octanol–water partition coefficient (Wildman–Crippen LogP) is 1.98. The molecule has 1 amide bonds. The van der Waals surface area contributed by atoms with Crippen LogP contribution in [0, 0.1) is 0 Å². The van der Waals surface area contributed by atoms with Crippen LogP contribution < -0.4 is 23.8 Å². The van der Waals surface area contributed by atoms with Gasteiger partial charge < -0.3 is 38.6 Å². The van der Waals surface area contributed by atoms with E-state index in [9.17, 15) is 14.7 Å². The SMILES string of the molecule is CCCCOc1ccc([C@@H]2C(=C(O)c3ccc4c(c3)OCCO4)C(=O)C(=O)N2CC[NH+]2CCOCC2)cc1OC. The van der Waals surface area contributed by atoms with Crippen molar-refractivity contribution in [2.75, 3.05) is 66.3 Å². The molecule has 0 radical (unpaired) electrons. The number of ketones is 1. The third kappa shape index (κ3) is 5.73. The Balaban J connectivity index is 1.54. The zero-order chi connectivity index (χ0) is 28.1. The van der Waals surface area contributed by atoms with E-state index in [0.717, 1.165) is 25.9 Å². The molecule has 2 aromatic rings. The van der Waals surface area contributed by atoms with Crippen molar-refractivity contribution in [2.24, 2.45) is 0 Å². The maximum absolute atomic E-state index is 13.5. The lowest BCUT2D eigenvalue weighted by molar-refractivity contribution is -0.907. The molecular weight excluding hydrogens is 516 g/mol. The fourth-order valence-electron chi connectivity index (χ4n) is 5.29. The van der Waals surface area contributed by atoms with E-state index in [-0.39, 0.29) is 11.3 Å². The number of methoxy groups -OCH3 is 1. The zero-order valence-corrected chi connectivity index (χ0v) is 23.1. The number of carbonyl (C=O) groups is 2. The Bertz CT molecular complexity index is 1270. The molecular formula is C30H37N2O8+. The molecule has 0 saturated carbocycles. The van der Waals surface area contributed by atoms with E-state index in [1.54, 1.807) is 42.3 Å². The van der Waals surface area contributed by atoms with Crippen molar-refractivity contribution < 1.29 is 43.3 Å². The topological polar surface area (TPSA) is 108 Å². The standard InChI is InChI=1S/C30H36N2O8/c1-3-4-13-38-22-7-5-20(18-24(22)36-2)27-26(28(33)21-6-8-23-25(19-21)40-17-16-39-23)29(34)30(35)32(27)10-9-31-11-14-37-15-12-31/h5-8,18-19,27,33H,3-4,9-17H2,1-2H3/p+1/t27-/m1/s1. The Kier molecular flexibility index (Phi) is 8.76. The quantitative estimate of drug-likeness (QED) is 0.199. The zero-order valence-electron chi connectivity index (χ0n) is 23.1. The van der Waals surface area contributed by atoms with Gasteiger partial charge in [-0.25, -0.2) is 0 Å². The van der Waals surface area contributed by atoms with E-state index in [4.69, 9.17) is 23.7 Å². The summed E-state index contributed by atoms with van der Waals surface area (Å²) in [6, 6.07) is 9.60. The fourth-order valence-corrected chi connectivity index (χ4v) is 5.29. The average Bonchev–Trinajstić information content (AvgIpc) is 3.25. The molecule has 0 bridgehead atoms. The lowest BCUT2D eigenvalue weighted by Gasteiger charge is -2.29. The van der Waals surface area contributed by atoms with Crippen LogP contribution in [0.4, 0.5) is 0 Å². The number of quaternary nitrogens is 1. The van der Waals surface area contributed by atoms with Crippen molar-refractivity contribution in [2.45, 2.75) is 25.8 Å². The minimum Gasteiger partial charge on any atom is -0.507 e. The molecule has 3 aliphatic rings. The molecule has 3 heterocycles. The van der Waals surface area contributed by atoms with E-state index in [0.29, 0.717) is 80.2 Å². The monoisotopic (exact) mass is 553 g/mol. The van der Waals surface area contributed by atoms with Crippen molar-refractivity contribution in [3.63, 3.8) is 0 Å². The number of carbonyl (C=O) groups excluding carboxylic acids is 2. The number of fused-ring (bicyclic) bond motifs is 1. The number of rotatable bonds is 10. The number of amides is 1. The first-order valence-electron chi connectivity index (χ1n) is 13.9. The number of ether oxygens (including phenoxy) is 5. The van der Waals surface area contributed by atoms with Gasteiger partial charge in [0.05, 0.1) is 51.6 Å². The predicted molar refractivity (Wildman–Crippen MR) is 146 cm³/mol. The van der Waals surface area contributed by atoms with Gasteiger partial charge in [-0.05, 0) is 42.3 Å². The minimum absolute atomic E-state index is 0.0281. The highest BCUT2D eigenvalue weighted by Crippen LogP contribution is 2.43. The molecule has 2 saturated heterocycles. The molecule has 5 rings (SSSR count). The molecule has 40 heavy (non-hydrogen) atoms. The van der Waals surface area contributed by atoms with Gasteiger partial charge in [-0.2, -0.15) is 0 Å². The largest absolute Gasteiger partial charge is 0.507 e. The number of nitrogens with one attached hydrogen (secondary N) is 1. The average molecular weight is 554 g/mol. The summed E-state index contributed by atoms with van der Waals surface area (Å²) in [6.07, 6.45) is 1.91. The van der Waals surface area contributed by atoms with Crippen molar-refractivity contribution in [3.05, 3.63) is 53.1 Å². The van der Waals surface area contributed by atoms with Gasteiger partial charge in [-0.3, -0.25) is 9.59 Å². The second-order valence-corrected chi connectivity index (χ2v) is 10.1. The van der Waals surface area contributed by atoms with Crippen LogP contribution in [0.2, 0.25) is 0 Å². The molecule has 0 aliphatic carbocycles. The molecule has 2 N–H and O–H groups in total. The summed E-state index contributed by atoms with van der Waals surface area (Å²) in [6.45, 7) is 7.48. The third-order valence-corrected chi connectivity index (χ3v) is 7.52. The summed E-state index contributed by atoms with van der Waals surface area (Å²) in [4.78, 5) is 29.8. The van der Waals surface area contributed by atoms with Gasteiger partial charge in [-0.1, -0.05) is 19.4 Å². The van der Waals surface area contributed by atoms with Gasteiger partial charge >= 0.3 is 0 Å². The van der Waals surface area contributed by atoms with Crippen LogP contribution in [-0.2, 0) is 14.3 Å². The number of likely N-dealkylation sites (tertiary alicyclic amines) is 1. The van der Waals surface area contributed by atoms with Crippen LogP contribution in [0.15, 0.2) is 42.0 Å². The molecule has 3 aliphatic heterocycles. The Labute approximate surface area is 234 Å². The van der Waals surface area contributed by atoms with Crippen LogP contribution in [0.5, 0.6) is 23.0 Å². The summed E-state index contributed by atoms with van der Waals surface area (Å²) < 4.78 is 28.3. The number of nitrogens with zero attached hydrogens (tertiary/aromatic N) is 1. The summed E-state index contributed by atoms with van der Waals surface area (Å²) >= 11 is 0. The lowest BCUT2D eigenvalue weighted by Crippen LogP contribution is -3.14. The van der Waals surface area contributed by atoms with Gasteiger partial charge in [0.1, 0.15) is 32.1 Å². The van der Waals surface area contributed by atoms with E-state index >= 15 is 0 Å². The molecule has 0 spiro atoms. The van der Waals surface area contributed by atoms with Crippen LogP contribution in [0.25, 0.3) is 5.76 Å². The molecule has 10 heteroatoms. The van der Waals surface area contributed by atoms with Crippen molar-refractivity contribution in [3.8, 4) is 23.0 Å². The van der Waals surface area contributed by atoms with Gasteiger partial charge in [0.25, 0.3) is 11.7 Å². The van der Waals surface area contributed by atoms with Crippen LogP contribution in [0.3, 0.4) is 0 Å². The number of morpholine rings is 1. The van der Waals surface area contributed by atoms with Crippen molar-refractivity contribution in [1.82, 2.24) is 4.90 Å². The lowest BCUT2D eigenvalue weighted by atomic mass is 9.94. The number of hydrogen-bond donors (Lipinski definition) is 2. The molecule has 0 unspecified atom stereocenters. The first kappa shape index (κ1) is 27.8. The number of Topliss-reactive ketones (excluding diaryl/α,β-unsaturated/α-hetero) is 1. The third-order valence-electron chi connectivity index (χ3n) is 7.52. The Morgan fingerprint density at radius 1 is 1.02 bits per heavy atom. The highest BCUT2D eigenvalue weighted by atomic mass is 16.6. The smallest absolute Gasteiger partial charge is 0.295 e. The molecule has 214 valence electrons. The maximum Gasteiger partial charge on any atom is 0.295 e. The van der Waals surface area contributed by atoms with Crippen molar-refractivity contribution >= 4 is 17.4 Å². The Hall–Kier alpha value is -3.76. The fraction of sp³-hybridized carbons (Fsp3) is 0.467. The second-order valence-electron chi connectivity index (χ2n) is 10.1. The summed E-state index contributed by atoms with van der Waals surface area (Å²) in [5.41, 5.74) is 1.05. The van der Waals surface area contributed by atoms with Gasteiger partial charge in [-0.15, -0.1) is 0 Å². The number of benzene rings is 2. The van der Waals surface area contributed by atoms with Crippen molar-refractivity contribution in [1.29, 1.82) is 0 Å². The highest BCUT2D eigenvalue weighted by Gasteiger charge is 2.46. The molecule has 0 aromatic heterocycles. The normalized spacial score (nSPS) is 20.6. The number of aliphatic hydroxyl groups excluding tert-OH is 1. The first-order valence-corrected chi connectivity index (χ1v) is 13.9. The van der Waals surface area contributed by atoms with E-state index < -0.39 is 17.7 Å². The number of unbranched alkanes of at least 4 members (excludes halogenated alkanes) is 1. The van der Waals surface area contributed by atoms with E-state index in [1.165, 1.54) is 4.90 Å². The summed E-state index contributed by atoms with van der Waals surface area (Å²) in [5.74, 6) is 0.502. The molecule has 2 aromatic carbocycles. The molecule has 1 atom stereocenters. The Morgan fingerprint density at radius 3 is 2.55 bits per heavy atom. The van der Waals surface area contributed by atoms with Gasteiger partial charge in [0.15, 0.2) is 23.0 Å². The Morgan fingerprint density at radius 2 is 1.80 bits per heavy atom. The van der Waals surface area contributed by atoms with Crippen LogP contribution in [-0.4, -0.2) is 88.0 Å². The molecule has 2 fully saturated rings. The van der Waals surface area contributed by atoms with E-state index in [2.05, 4.69) is 6.92 Å². The maximum atomic E-state index is 13.5. The van der Waals surface area contributed by atoms with Crippen LogP contribution in [0.1, 0.15) is 36.9 Å². The summed E-state index contributed by atoms with van der Waals surface area (Å²) in [7, 11) is 1.56.